The number of rotatable bonds is 5. The van der Waals surface area contributed by atoms with E-state index in [0.717, 1.165) is 24.2 Å². The van der Waals surface area contributed by atoms with Gasteiger partial charge < -0.3 is 5.32 Å². The maximum atomic E-state index is 13.4. The fourth-order valence-corrected chi connectivity index (χ4v) is 6.34. The molecule has 186 valence electrons. The molecular formula is C26H26FN5O3S. The van der Waals surface area contributed by atoms with E-state index >= 15 is 0 Å². The van der Waals surface area contributed by atoms with Crippen LogP contribution in [0.25, 0.3) is 16.8 Å². The highest BCUT2D eigenvalue weighted by molar-refractivity contribution is 7.89. The van der Waals surface area contributed by atoms with Gasteiger partial charge in [-0.25, -0.2) is 22.3 Å². The molecule has 36 heavy (non-hydrogen) atoms. The Morgan fingerprint density at radius 3 is 2.39 bits per heavy atom. The minimum absolute atomic E-state index is 0.0916. The lowest BCUT2D eigenvalue weighted by Gasteiger charge is -2.18. The Hall–Kier alpha value is -3.63. The molecule has 0 radical (unpaired) electrons. The van der Waals surface area contributed by atoms with Gasteiger partial charge in [-0.05, 0) is 81.1 Å². The van der Waals surface area contributed by atoms with E-state index in [-0.39, 0.29) is 10.6 Å². The van der Waals surface area contributed by atoms with Crippen LogP contribution < -0.4 is 5.32 Å². The van der Waals surface area contributed by atoms with Crippen molar-refractivity contribution >= 4 is 27.3 Å². The number of halogens is 1. The normalized spacial score (nSPS) is 14.4. The minimum Gasteiger partial charge on any atom is -0.321 e. The van der Waals surface area contributed by atoms with Crippen molar-refractivity contribution in [1.82, 2.24) is 18.9 Å². The summed E-state index contributed by atoms with van der Waals surface area (Å²) in [5.41, 5.74) is 4.04. The Kier molecular flexibility index (Phi) is 6.09. The van der Waals surface area contributed by atoms with Crippen molar-refractivity contribution in [3.63, 3.8) is 0 Å². The number of aromatic nitrogens is 3. The first kappa shape index (κ1) is 24.1. The van der Waals surface area contributed by atoms with Crippen LogP contribution in [0.2, 0.25) is 0 Å². The van der Waals surface area contributed by atoms with Crippen molar-refractivity contribution in [2.24, 2.45) is 0 Å². The van der Waals surface area contributed by atoms with E-state index in [2.05, 4.69) is 15.4 Å². The van der Waals surface area contributed by atoms with Crippen LogP contribution in [-0.2, 0) is 10.0 Å². The lowest BCUT2D eigenvalue weighted by atomic mass is 10.0. The van der Waals surface area contributed by atoms with Gasteiger partial charge in [0.15, 0.2) is 11.3 Å². The highest BCUT2D eigenvalue weighted by Gasteiger charge is 2.30. The maximum Gasteiger partial charge on any atom is 0.276 e. The summed E-state index contributed by atoms with van der Waals surface area (Å²) in [6, 6.07) is 12.4. The largest absolute Gasteiger partial charge is 0.321 e. The van der Waals surface area contributed by atoms with E-state index in [0.29, 0.717) is 41.1 Å². The number of nitrogens with zero attached hydrogens (tertiary/aromatic N) is 4. The molecule has 2 aromatic heterocycles. The Morgan fingerprint density at radius 2 is 1.69 bits per heavy atom. The third kappa shape index (κ3) is 4.27. The van der Waals surface area contributed by atoms with Gasteiger partial charge >= 0.3 is 0 Å². The van der Waals surface area contributed by atoms with Crippen LogP contribution in [0, 0.1) is 26.6 Å². The van der Waals surface area contributed by atoms with Crippen molar-refractivity contribution < 1.29 is 17.6 Å². The highest BCUT2D eigenvalue weighted by atomic mass is 32.2. The number of fused-ring (bicyclic) bond motifs is 1. The summed E-state index contributed by atoms with van der Waals surface area (Å²) >= 11 is 0. The van der Waals surface area contributed by atoms with Gasteiger partial charge in [0.2, 0.25) is 10.0 Å². The highest BCUT2D eigenvalue weighted by Crippen LogP contribution is 2.33. The number of aryl methyl sites for hydroxylation is 3. The third-order valence-electron chi connectivity index (χ3n) is 6.37. The zero-order valence-corrected chi connectivity index (χ0v) is 21.1. The molecular weight excluding hydrogens is 481 g/mol. The molecule has 1 aliphatic heterocycles. The molecule has 0 atom stereocenters. The minimum atomic E-state index is -3.69. The molecule has 0 bridgehead atoms. The van der Waals surface area contributed by atoms with E-state index in [1.54, 1.807) is 29.6 Å². The Bertz CT molecular complexity index is 1590. The van der Waals surface area contributed by atoms with Gasteiger partial charge in [0.05, 0.1) is 10.5 Å². The molecule has 1 fully saturated rings. The SMILES string of the molecule is Cc1cc(C)n2nc(C(=O)Nc3ccc(F)cc3)c(-c3ccc(C)c(S(=O)(=O)N4CCCC4)c3)c2n1. The average Bonchev–Trinajstić information content (AvgIpc) is 3.50. The van der Waals surface area contributed by atoms with Gasteiger partial charge in [-0.3, -0.25) is 4.79 Å². The van der Waals surface area contributed by atoms with Crippen molar-refractivity contribution in [3.8, 4) is 11.1 Å². The second-order valence-electron chi connectivity index (χ2n) is 9.05. The molecule has 10 heteroatoms. The predicted octanol–water partition coefficient (Wildman–Crippen LogP) is 4.50. The Labute approximate surface area is 208 Å². The second-order valence-corrected chi connectivity index (χ2v) is 11.0. The molecule has 8 nitrogen and oxygen atoms in total. The standard InChI is InChI=1S/C26H26FN5O3S/c1-16-6-7-19(15-22(16)36(34,35)31-12-4-5-13-31)23-24(26(33)29-21-10-8-20(27)9-11-21)30-32-18(3)14-17(2)28-25(23)32/h6-11,14-15H,4-5,12-13H2,1-3H3,(H,29,33). The third-order valence-corrected chi connectivity index (χ3v) is 8.41. The van der Waals surface area contributed by atoms with E-state index < -0.39 is 21.7 Å². The lowest BCUT2D eigenvalue weighted by Crippen LogP contribution is -2.28. The Morgan fingerprint density at radius 1 is 1.00 bits per heavy atom. The molecule has 0 spiro atoms. The molecule has 0 saturated carbocycles. The van der Waals surface area contributed by atoms with E-state index in [1.807, 2.05) is 19.9 Å². The van der Waals surface area contributed by atoms with Gasteiger partial charge in [0, 0.05) is 30.2 Å². The fourth-order valence-electron chi connectivity index (χ4n) is 4.57. The zero-order chi connectivity index (χ0) is 25.6. The maximum absolute atomic E-state index is 13.4. The molecule has 0 unspecified atom stereocenters. The van der Waals surface area contributed by atoms with Crippen molar-refractivity contribution in [2.45, 2.75) is 38.5 Å². The van der Waals surface area contributed by atoms with Crippen LogP contribution in [0.3, 0.4) is 0 Å². The van der Waals surface area contributed by atoms with Crippen LogP contribution in [0.1, 0.15) is 40.3 Å². The molecule has 1 amide bonds. The number of nitrogens with one attached hydrogen (secondary N) is 1. The summed E-state index contributed by atoms with van der Waals surface area (Å²) < 4.78 is 43.3. The summed E-state index contributed by atoms with van der Waals surface area (Å²) in [5, 5.41) is 7.30. The monoisotopic (exact) mass is 507 g/mol. The molecule has 5 rings (SSSR count). The van der Waals surface area contributed by atoms with Crippen molar-refractivity contribution in [3.05, 3.63) is 77.0 Å². The number of hydrogen-bond acceptors (Lipinski definition) is 5. The molecule has 3 heterocycles. The van der Waals surface area contributed by atoms with Gasteiger partial charge in [-0.2, -0.15) is 9.40 Å². The van der Waals surface area contributed by atoms with E-state index in [1.165, 1.54) is 28.6 Å². The van der Waals surface area contributed by atoms with Gasteiger partial charge in [0.1, 0.15) is 5.82 Å². The van der Waals surface area contributed by atoms with Crippen LogP contribution in [0.5, 0.6) is 0 Å². The average molecular weight is 508 g/mol. The number of anilines is 1. The van der Waals surface area contributed by atoms with E-state index in [9.17, 15) is 17.6 Å². The smallest absolute Gasteiger partial charge is 0.276 e. The van der Waals surface area contributed by atoms with E-state index in [4.69, 9.17) is 0 Å². The van der Waals surface area contributed by atoms with Crippen molar-refractivity contribution in [1.29, 1.82) is 0 Å². The van der Waals surface area contributed by atoms with Gasteiger partial charge in [-0.15, -0.1) is 0 Å². The number of benzene rings is 2. The number of sulfonamides is 1. The molecule has 1 saturated heterocycles. The van der Waals surface area contributed by atoms with Gasteiger partial charge in [-0.1, -0.05) is 12.1 Å². The number of carbonyl (C=O) groups excluding carboxylic acids is 1. The molecule has 4 aromatic rings. The fraction of sp³-hybridized carbons (Fsp3) is 0.269. The van der Waals surface area contributed by atoms with Crippen molar-refractivity contribution in [2.75, 3.05) is 18.4 Å². The van der Waals surface area contributed by atoms with Crippen LogP contribution in [0.15, 0.2) is 53.4 Å². The number of hydrogen-bond donors (Lipinski definition) is 1. The van der Waals surface area contributed by atoms with Crippen LogP contribution >= 0.6 is 0 Å². The first-order valence-electron chi connectivity index (χ1n) is 11.7. The first-order valence-corrected chi connectivity index (χ1v) is 13.1. The summed E-state index contributed by atoms with van der Waals surface area (Å²) in [7, 11) is -3.69. The number of amides is 1. The topological polar surface area (TPSA) is 96.7 Å². The first-order chi connectivity index (χ1) is 17.1. The summed E-state index contributed by atoms with van der Waals surface area (Å²) in [4.78, 5) is 18.2. The van der Waals surface area contributed by atoms with Crippen LogP contribution in [-0.4, -0.2) is 46.3 Å². The summed E-state index contributed by atoms with van der Waals surface area (Å²) in [6.07, 6.45) is 1.67. The summed E-state index contributed by atoms with van der Waals surface area (Å²) in [5.74, 6) is -0.924. The lowest BCUT2D eigenvalue weighted by molar-refractivity contribution is 0.102. The molecule has 1 N–H and O–H groups in total. The Balaban J connectivity index is 1.68. The number of carbonyl (C=O) groups is 1. The van der Waals surface area contributed by atoms with Gasteiger partial charge in [0.25, 0.3) is 5.91 Å². The van der Waals surface area contributed by atoms with Crippen LogP contribution in [0.4, 0.5) is 10.1 Å². The predicted molar refractivity (Wildman–Crippen MR) is 135 cm³/mol. The summed E-state index contributed by atoms with van der Waals surface area (Å²) in [6.45, 7) is 6.46. The molecule has 0 aliphatic carbocycles. The molecule has 1 aliphatic rings. The quantitative estimate of drug-likeness (QED) is 0.429. The second kappa shape index (κ2) is 9.11. The molecule has 2 aromatic carbocycles. The zero-order valence-electron chi connectivity index (χ0n) is 20.2.